The van der Waals surface area contributed by atoms with Gasteiger partial charge in [-0.2, -0.15) is 10.2 Å². The Hall–Kier alpha value is -4.35. The van der Waals surface area contributed by atoms with Crippen LogP contribution >= 0.6 is 31.9 Å². The molecule has 42 heavy (non-hydrogen) atoms. The van der Waals surface area contributed by atoms with Crippen LogP contribution in [0.25, 0.3) is 0 Å². The fourth-order valence-corrected chi connectivity index (χ4v) is 4.87. The van der Waals surface area contributed by atoms with Crippen LogP contribution in [0.3, 0.4) is 0 Å². The molecule has 0 aliphatic carbocycles. The standard InChI is InChI=1S/C31H28Br2N4O5/c1-39-27-15-23(13-25(32)29(27)41-19-21-9-5-3-6-10-21)17-34-36-31(38)37-35-18-24-14-26(33)30(28(16-24)40-2)42-20-22-11-7-4-8-12-22/h3-18H,19-20H2,1-2H3,(H2,36,37,38)/b34-17-,35-18?. The van der Waals surface area contributed by atoms with Gasteiger partial charge in [-0.3, -0.25) is 0 Å². The minimum atomic E-state index is -0.620. The number of nitrogens with one attached hydrogen (secondary N) is 2. The van der Waals surface area contributed by atoms with Crippen molar-refractivity contribution >= 4 is 50.3 Å². The highest BCUT2D eigenvalue weighted by atomic mass is 79.9. The number of methoxy groups -OCH3 is 2. The summed E-state index contributed by atoms with van der Waals surface area (Å²) in [5.41, 5.74) is 8.18. The second-order valence-corrected chi connectivity index (χ2v) is 10.4. The van der Waals surface area contributed by atoms with Crippen LogP contribution in [0, 0.1) is 0 Å². The number of benzene rings is 4. The summed E-state index contributed by atoms with van der Waals surface area (Å²) in [4.78, 5) is 12.2. The number of urea groups is 1. The highest BCUT2D eigenvalue weighted by molar-refractivity contribution is 9.11. The third-order valence-electron chi connectivity index (χ3n) is 5.71. The predicted molar refractivity (Wildman–Crippen MR) is 170 cm³/mol. The fourth-order valence-electron chi connectivity index (χ4n) is 3.72. The molecule has 0 aliphatic heterocycles. The number of nitrogens with zero attached hydrogens (tertiary/aromatic N) is 2. The average Bonchev–Trinajstić information content (AvgIpc) is 3.00. The van der Waals surface area contributed by atoms with E-state index in [2.05, 4.69) is 52.9 Å². The second-order valence-electron chi connectivity index (χ2n) is 8.69. The molecule has 2 amide bonds. The molecule has 11 heteroatoms. The molecule has 4 aromatic rings. The van der Waals surface area contributed by atoms with Gasteiger partial charge in [-0.1, -0.05) is 60.7 Å². The summed E-state index contributed by atoms with van der Waals surface area (Å²) in [5, 5.41) is 7.97. The summed E-state index contributed by atoms with van der Waals surface area (Å²) in [5.74, 6) is 2.18. The lowest BCUT2D eigenvalue weighted by Gasteiger charge is -2.13. The Morgan fingerprint density at radius 2 is 1.10 bits per heavy atom. The van der Waals surface area contributed by atoms with Crippen molar-refractivity contribution < 1.29 is 23.7 Å². The molecule has 0 aliphatic rings. The van der Waals surface area contributed by atoms with Crippen molar-refractivity contribution in [3.63, 3.8) is 0 Å². The van der Waals surface area contributed by atoms with Gasteiger partial charge in [-0.15, -0.1) is 0 Å². The SMILES string of the molecule is COc1cc(C=NNC(=O)N/N=C\c2cc(Br)c(OCc3ccccc3)c(OC)c2)cc(Br)c1OCc1ccccc1. The molecule has 0 atom stereocenters. The quantitative estimate of drug-likeness (QED) is 0.122. The van der Waals surface area contributed by atoms with Crippen LogP contribution in [0.2, 0.25) is 0 Å². The molecular weight excluding hydrogens is 668 g/mol. The Kier molecular flexibility index (Phi) is 11.4. The number of halogens is 2. The zero-order valence-electron chi connectivity index (χ0n) is 22.8. The normalized spacial score (nSPS) is 11.0. The molecule has 0 unspecified atom stereocenters. The summed E-state index contributed by atoms with van der Waals surface area (Å²) < 4.78 is 24.3. The summed E-state index contributed by atoms with van der Waals surface area (Å²) in [6.45, 7) is 0.781. The van der Waals surface area contributed by atoms with Crippen LogP contribution in [0.5, 0.6) is 23.0 Å². The Balaban J connectivity index is 1.31. The summed E-state index contributed by atoms with van der Waals surface area (Å²) >= 11 is 7.05. The molecule has 0 fully saturated rings. The fraction of sp³-hybridized carbons (Fsp3) is 0.129. The first kappa shape index (κ1) is 30.6. The summed E-state index contributed by atoms with van der Waals surface area (Å²) in [7, 11) is 3.11. The lowest BCUT2D eigenvalue weighted by Crippen LogP contribution is -2.28. The largest absolute Gasteiger partial charge is 0.493 e. The van der Waals surface area contributed by atoms with Crippen LogP contribution in [0.4, 0.5) is 4.79 Å². The van der Waals surface area contributed by atoms with Crippen molar-refractivity contribution in [2.45, 2.75) is 13.2 Å². The van der Waals surface area contributed by atoms with Gasteiger partial charge in [0.15, 0.2) is 23.0 Å². The lowest BCUT2D eigenvalue weighted by atomic mass is 10.2. The number of amides is 2. The van der Waals surface area contributed by atoms with Crippen LogP contribution < -0.4 is 29.8 Å². The highest BCUT2D eigenvalue weighted by Crippen LogP contribution is 2.38. The van der Waals surface area contributed by atoms with E-state index in [1.807, 2.05) is 72.8 Å². The maximum atomic E-state index is 12.2. The van der Waals surface area contributed by atoms with Crippen LogP contribution in [0.1, 0.15) is 22.3 Å². The van der Waals surface area contributed by atoms with Gasteiger partial charge in [0.25, 0.3) is 0 Å². The zero-order chi connectivity index (χ0) is 29.7. The predicted octanol–water partition coefficient (Wildman–Crippen LogP) is 7.05. The molecule has 0 aromatic heterocycles. The molecule has 0 saturated heterocycles. The van der Waals surface area contributed by atoms with Gasteiger partial charge in [0.2, 0.25) is 0 Å². The smallest absolute Gasteiger partial charge is 0.355 e. The van der Waals surface area contributed by atoms with Crippen molar-refractivity contribution in [3.8, 4) is 23.0 Å². The molecular formula is C31H28Br2N4O5. The topological polar surface area (TPSA) is 103 Å². The Bertz CT molecular complexity index is 1440. The number of rotatable bonds is 12. The monoisotopic (exact) mass is 694 g/mol. The van der Waals surface area contributed by atoms with Crippen molar-refractivity contribution in [2.75, 3.05) is 14.2 Å². The van der Waals surface area contributed by atoms with Crippen LogP contribution in [0.15, 0.2) is 104 Å². The van der Waals surface area contributed by atoms with E-state index >= 15 is 0 Å². The molecule has 0 heterocycles. The molecule has 4 rings (SSSR count). The van der Waals surface area contributed by atoms with Gasteiger partial charge in [0.05, 0.1) is 35.6 Å². The highest BCUT2D eigenvalue weighted by Gasteiger charge is 2.13. The number of hydrogen-bond acceptors (Lipinski definition) is 7. The van der Waals surface area contributed by atoms with Crippen molar-refractivity contribution in [1.29, 1.82) is 0 Å². The molecule has 2 N–H and O–H groups in total. The third kappa shape index (κ3) is 8.82. The van der Waals surface area contributed by atoms with E-state index in [0.717, 1.165) is 11.1 Å². The minimum Gasteiger partial charge on any atom is -0.493 e. The van der Waals surface area contributed by atoms with E-state index in [-0.39, 0.29) is 0 Å². The van der Waals surface area contributed by atoms with E-state index in [1.54, 1.807) is 26.4 Å². The van der Waals surface area contributed by atoms with Gasteiger partial charge >= 0.3 is 6.03 Å². The summed E-state index contributed by atoms with van der Waals surface area (Å²) in [6, 6.07) is 26.2. The maximum Gasteiger partial charge on any atom is 0.355 e. The molecule has 0 bridgehead atoms. The van der Waals surface area contributed by atoms with Gasteiger partial charge in [0, 0.05) is 0 Å². The van der Waals surface area contributed by atoms with Crippen molar-refractivity contribution in [2.24, 2.45) is 10.2 Å². The Morgan fingerprint density at radius 3 is 1.48 bits per heavy atom. The van der Waals surface area contributed by atoms with E-state index in [0.29, 0.717) is 56.3 Å². The number of carbonyl (C=O) groups excluding carboxylic acids is 1. The number of hydrazone groups is 2. The molecule has 4 aromatic carbocycles. The van der Waals surface area contributed by atoms with E-state index in [1.165, 1.54) is 12.4 Å². The van der Waals surface area contributed by atoms with Gasteiger partial charge in [0.1, 0.15) is 13.2 Å². The first-order chi connectivity index (χ1) is 20.5. The first-order valence-corrected chi connectivity index (χ1v) is 14.3. The number of hydrogen-bond donors (Lipinski definition) is 2. The minimum absolute atomic E-state index is 0.390. The number of ether oxygens (including phenoxy) is 4. The molecule has 0 radical (unpaired) electrons. The Labute approximate surface area is 260 Å². The van der Waals surface area contributed by atoms with Gasteiger partial charge in [-0.05, 0) is 78.4 Å². The van der Waals surface area contributed by atoms with Crippen molar-refractivity contribution in [3.05, 3.63) is 116 Å². The van der Waals surface area contributed by atoms with Gasteiger partial charge < -0.3 is 18.9 Å². The van der Waals surface area contributed by atoms with E-state index in [9.17, 15) is 4.79 Å². The zero-order valence-corrected chi connectivity index (χ0v) is 26.0. The second kappa shape index (κ2) is 15.6. The Morgan fingerprint density at radius 1 is 0.690 bits per heavy atom. The summed E-state index contributed by atoms with van der Waals surface area (Å²) in [6.07, 6.45) is 2.96. The number of carbonyl (C=O) groups is 1. The average molecular weight is 696 g/mol. The third-order valence-corrected chi connectivity index (χ3v) is 6.89. The maximum absolute atomic E-state index is 12.2. The van der Waals surface area contributed by atoms with E-state index in [4.69, 9.17) is 18.9 Å². The van der Waals surface area contributed by atoms with E-state index < -0.39 is 6.03 Å². The molecule has 0 spiro atoms. The molecule has 0 saturated carbocycles. The first-order valence-electron chi connectivity index (χ1n) is 12.7. The van der Waals surface area contributed by atoms with Crippen molar-refractivity contribution in [1.82, 2.24) is 10.9 Å². The van der Waals surface area contributed by atoms with Gasteiger partial charge in [-0.25, -0.2) is 15.6 Å². The lowest BCUT2D eigenvalue weighted by molar-refractivity contribution is 0.242. The van der Waals surface area contributed by atoms with Crippen LogP contribution in [-0.2, 0) is 13.2 Å². The molecule has 216 valence electrons. The molecule has 9 nitrogen and oxygen atoms in total. The van der Waals surface area contributed by atoms with Crippen LogP contribution in [-0.4, -0.2) is 32.7 Å².